The molecular formula is C19H24N2O3S. The lowest BCUT2D eigenvalue weighted by molar-refractivity contribution is 0.0779. The van der Waals surface area contributed by atoms with E-state index in [4.69, 9.17) is 0 Å². The number of aryl methyl sites for hydroxylation is 1. The molecule has 0 saturated carbocycles. The van der Waals surface area contributed by atoms with Crippen molar-refractivity contribution < 1.29 is 13.2 Å². The Bertz CT molecular complexity index is 843. The molecule has 0 heterocycles. The first-order valence-corrected chi connectivity index (χ1v) is 9.63. The predicted molar refractivity (Wildman–Crippen MR) is 100 cm³/mol. The number of hydrogen-bond acceptors (Lipinski definition) is 3. The summed E-state index contributed by atoms with van der Waals surface area (Å²) in [7, 11) is -1.95. The van der Waals surface area contributed by atoms with Crippen molar-refractivity contribution in [1.29, 1.82) is 0 Å². The van der Waals surface area contributed by atoms with E-state index >= 15 is 0 Å². The number of carbonyl (C=O) groups is 1. The number of benzene rings is 2. The van der Waals surface area contributed by atoms with Gasteiger partial charge in [-0.25, -0.2) is 8.42 Å². The van der Waals surface area contributed by atoms with Crippen molar-refractivity contribution in [2.45, 2.75) is 25.7 Å². The van der Waals surface area contributed by atoms with Crippen LogP contribution in [0, 0.1) is 12.8 Å². The highest BCUT2D eigenvalue weighted by molar-refractivity contribution is 7.92. The van der Waals surface area contributed by atoms with E-state index in [0.717, 1.165) is 5.56 Å². The topological polar surface area (TPSA) is 66.5 Å². The Morgan fingerprint density at radius 1 is 1.08 bits per heavy atom. The predicted octanol–water partition coefficient (Wildman–Crippen LogP) is 3.52. The average molecular weight is 360 g/mol. The van der Waals surface area contributed by atoms with Crippen molar-refractivity contribution >= 4 is 21.6 Å². The molecule has 1 amide bonds. The Balaban J connectivity index is 2.18. The van der Waals surface area contributed by atoms with Gasteiger partial charge < -0.3 is 4.90 Å². The van der Waals surface area contributed by atoms with Crippen LogP contribution >= 0.6 is 0 Å². The molecule has 0 fully saturated rings. The van der Waals surface area contributed by atoms with Gasteiger partial charge in [-0.3, -0.25) is 9.52 Å². The molecule has 0 bridgehead atoms. The molecule has 0 aliphatic rings. The first-order valence-electron chi connectivity index (χ1n) is 8.14. The largest absolute Gasteiger partial charge is 0.341 e. The fraction of sp³-hybridized carbons (Fsp3) is 0.316. The Morgan fingerprint density at radius 2 is 1.68 bits per heavy atom. The average Bonchev–Trinajstić information content (AvgIpc) is 2.55. The summed E-state index contributed by atoms with van der Waals surface area (Å²) in [6.45, 7) is 6.56. The number of rotatable bonds is 6. The van der Waals surface area contributed by atoms with Gasteiger partial charge in [0.25, 0.3) is 15.9 Å². The normalized spacial score (nSPS) is 11.4. The van der Waals surface area contributed by atoms with Gasteiger partial charge in [-0.15, -0.1) is 0 Å². The van der Waals surface area contributed by atoms with E-state index in [1.54, 1.807) is 36.2 Å². The summed E-state index contributed by atoms with van der Waals surface area (Å²) in [5.41, 5.74) is 1.85. The Morgan fingerprint density at radius 3 is 2.24 bits per heavy atom. The highest BCUT2D eigenvalue weighted by Crippen LogP contribution is 2.20. The molecule has 2 aromatic rings. The van der Waals surface area contributed by atoms with Crippen LogP contribution in [0.25, 0.3) is 0 Å². The van der Waals surface area contributed by atoms with E-state index in [9.17, 15) is 13.2 Å². The molecule has 2 rings (SSSR count). The summed E-state index contributed by atoms with van der Waals surface area (Å²) < 4.78 is 27.6. The van der Waals surface area contributed by atoms with Crippen LogP contribution in [0.4, 0.5) is 5.69 Å². The summed E-state index contributed by atoms with van der Waals surface area (Å²) in [6.07, 6.45) is 0. The molecule has 0 aliphatic carbocycles. The number of para-hydroxylation sites is 1. The van der Waals surface area contributed by atoms with Gasteiger partial charge in [0, 0.05) is 19.2 Å². The van der Waals surface area contributed by atoms with E-state index in [1.807, 2.05) is 32.9 Å². The molecule has 0 aromatic heterocycles. The van der Waals surface area contributed by atoms with Crippen LogP contribution in [0.5, 0.6) is 0 Å². The maximum absolute atomic E-state index is 12.5. The van der Waals surface area contributed by atoms with Crippen LogP contribution in [-0.4, -0.2) is 32.8 Å². The summed E-state index contributed by atoms with van der Waals surface area (Å²) >= 11 is 0. The molecule has 0 unspecified atom stereocenters. The zero-order valence-corrected chi connectivity index (χ0v) is 15.8. The fourth-order valence-electron chi connectivity index (χ4n) is 2.52. The molecule has 25 heavy (non-hydrogen) atoms. The monoisotopic (exact) mass is 360 g/mol. The molecule has 5 nitrogen and oxygen atoms in total. The van der Waals surface area contributed by atoms with Crippen LogP contribution in [-0.2, 0) is 10.0 Å². The van der Waals surface area contributed by atoms with Crippen LogP contribution in [0.2, 0.25) is 0 Å². The van der Waals surface area contributed by atoms with Gasteiger partial charge in [-0.05, 0) is 48.7 Å². The van der Waals surface area contributed by atoms with E-state index < -0.39 is 10.0 Å². The number of amides is 1. The first-order chi connectivity index (χ1) is 11.7. The Hall–Kier alpha value is -2.34. The van der Waals surface area contributed by atoms with Gasteiger partial charge in [0.1, 0.15) is 0 Å². The lowest BCUT2D eigenvalue weighted by Gasteiger charge is -2.19. The standard InChI is InChI=1S/C19H24N2O3S/c1-14(2)13-21(4)19(22)16-9-11-17(12-10-16)25(23,24)20-18-8-6-5-7-15(18)3/h5-12,14,20H,13H2,1-4H3. The van der Waals surface area contributed by atoms with Crippen molar-refractivity contribution in [2.24, 2.45) is 5.92 Å². The number of carbonyl (C=O) groups excluding carboxylic acids is 1. The van der Waals surface area contributed by atoms with Gasteiger partial charge in [0.05, 0.1) is 10.6 Å². The van der Waals surface area contributed by atoms with E-state index in [0.29, 0.717) is 23.7 Å². The van der Waals surface area contributed by atoms with Crippen molar-refractivity contribution in [3.63, 3.8) is 0 Å². The minimum atomic E-state index is -3.69. The number of nitrogens with one attached hydrogen (secondary N) is 1. The maximum atomic E-state index is 12.5. The third-order valence-electron chi connectivity index (χ3n) is 3.79. The minimum absolute atomic E-state index is 0.121. The smallest absolute Gasteiger partial charge is 0.261 e. The Kier molecular flexibility index (Phi) is 5.85. The molecule has 1 N–H and O–H groups in total. The zero-order chi connectivity index (χ0) is 18.6. The van der Waals surface area contributed by atoms with Gasteiger partial charge in [-0.1, -0.05) is 32.0 Å². The highest BCUT2D eigenvalue weighted by Gasteiger charge is 2.17. The van der Waals surface area contributed by atoms with Crippen LogP contribution in [0.3, 0.4) is 0 Å². The minimum Gasteiger partial charge on any atom is -0.341 e. The third-order valence-corrected chi connectivity index (χ3v) is 5.17. The number of anilines is 1. The zero-order valence-electron chi connectivity index (χ0n) is 15.0. The number of sulfonamides is 1. The third kappa shape index (κ3) is 4.82. The summed E-state index contributed by atoms with van der Waals surface area (Å²) in [4.78, 5) is 14.1. The first kappa shape index (κ1) is 19.0. The molecule has 134 valence electrons. The van der Waals surface area contributed by atoms with Crippen LogP contribution < -0.4 is 4.72 Å². The second kappa shape index (κ2) is 7.70. The van der Waals surface area contributed by atoms with Crippen molar-refractivity contribution in [2.75, 3.05) is 18.3 Å². The fourth-order valence-corrected chi connectivity index (χ4v) is 3.65. The lowest BCUT2D eigenvalue weighted by Crippen LogP contribution is -2.30. The molecule has 0 atom stereocenters. The molecule has 0 aliphatic heterocycles. The number of nitrogens with zero attached hydrogens (tertiary/aromatic N) is 1. The van der Waals surface area contributed by atoms with Crippen LogP contribution in [0.15, 0.2) is 53.4 Å². The second-order valence-corrected chi connectivity index (χ2v) is 8.21. The van der Waals surface area contributed by atoms with Gasteiger partial charge in [0.2, 0.25) is 0 Å². The second-order valence-electron chi connectivity index (χ2n) is 6.52. The molecule has 0 spiro atoms. The summed E-state index contributed by atoms with van der Waals surface area (Å²) in [5, 5.41) is 0. The summed E-state index contributed by atoms with van der Waals surface area (Å²) in [6, 6.07) is 13.2. The molecule has 6 heteroatoms. The van der Waals surface area contributed by atoms with E-state index in [2.05, 4.69) is 4.72 Å². The van der Waals surface area contributed by atoms with E-state index in [-0.39, 0.29) is 10.8 Å². The van der Waals surface area contributed by atoms with Gasteiger partial charge in [0.15, 0.2) is 0 Å². The quantitative estimate of drug-likeness (QED) is 0.857. The van der Waals surface area contributed by atoms with Gasteiger partial charge >= 0.3 is 0 Å². The van der Waals surface area contributed by atoms with Crippen molar-refractivity contribution in [3.8, 4) is 0 Å². The van der Waals surface area contributed by atoms with E-state index in [1.165, 1.54) is 12.1 Å². The summed E-state index contributed by atoms with van der Waals surface area (Å²) in [5.74, 6) is 0.247. The molecule has 2 aromatic carbocycles. The molecule has 0 saturated heterocycles. The lowest BCUT2D eigenvalue weighted by atomic mass is 10.1. The van der Waals surface area contributed by atoms with Gasteiger partial charge in [-0.2, -0.15) is 0 Å². The van der Waals surface area contributed by atoms with Crippen molar-refractivity contribution in [1.82, 2.24) is 4.90 Å². The Labute approximate surface area is 149 Å². The number of hydrogen-bond donors (Lipinski definition) is 1. The maximum Gasteiger partial charge on any atom is 0.261 e. The van der Waals surface area contributed by atoms with Crippen molar-refractivity contribution in [3.05, 3.63) is 59.7 Å². The SMILES string of the molecule is Cc1ccccc1NS(=O)(=O)c1ccc(C(=O)N(C)CC(C)C)cc1. The van der Waals surface area contributed by atoms with Crippen LogP contribution in [0.1, 0.15) is 29.8 Å². The molecule has 0 radical (unpaired) electrons. The highest BCUT2D eigenvalue weighted by atomic mass is 32.2. The molecular weight excluding hydrogens is 336 g/mol.